The van der Waals surface area contributed by atoms with Crippen molar-refractivity contribution in [1.29, 1.82) is 0 Å². The van der Waals surface area contributed by atoms with Crippen LogP contribution >= 0.6 is 0 Å². The molecule has 0 atom stereocenters. The van der Waals surface area contributed by atoms with Crippen LogP contribution in [0.2, 0.25) is 0 Å². The second-order valence-corrected chi connectivity index (χ2v) is 5.16. The quantitative estimate of drug-likeness (QED) is 0.859. The first kappa shape index (κ1) is 13.0. The molecule has 2 aromatic rings. The van der Waals surface area contributed by atoms with Crippen molar-refractivity contribution in [3.05, 3.63) is 30.5 Å². The summed E-state index contributed by atoms with van der Waals surface area (Å²) in [5.74, 6) is 0.947. The summed E-state index contributed by atoms with van der Waals surface area (Å²) in [7, 11) is 0. The molecule has 106 valence electrons. The molecule has 0 aliphatic carbocycles. The second-order valence-electron chi connectivity index (χ2n) is 5.16. The molecule has 1 aromatic heterocycles. The molecule has 1 aliphatic heterocycles. The molecule has 3 rings (SSSR count). The Bertz CT molecular complexity index is 584. The Morgan fingerprint density at radius 2 is 2.05 bits per heavy atom. The van der Waals surface area contributed by atoms with E-state index < -0.39 is 0 Å². The number of piperidine rings is 1. The van der Waals surface area contributed by atoms with Crippen molar-refractivity contribution in [2.75, 3.05) is 19.7 Å². The van der Waals surface area contributed by atoms with Crippen LogP contribution in [0.1, 0.15) is 25.7 Å². The lowest BCUT2D eigenvalue weighted by atomic mass is 10.1. The van der Waals surface area contributed by atoms with E-state index in [9.17, 15) is 4.79 Å². The van der Waals surface area contributed by atoms with Gasteiger partial charge in [0.05, 0.1) is 19.3 Å². The number of hydrogen-bond donors (Lipinski definition) is 0. The molecule has 0 radical (unpaired) electrons. The number of ether oxygens (including phenoxy) is 1. The van der Waals surface area contributed by atoms with E-state index in [0.29, 0.717) is 13.0 Å². The van der Waals surface area contributed by atoms with E-state index in [0.717, 1.165) is 42.6 Å². The van der Waals surface area contributed by atoms with Crippen LogP contribution in [-0.2, 0) is 4.79 Å². The van der Waals surface area contributed by atoms with Crippen LogP contribution in [0.4, 0.5) is 0 Å². The molecule has 0 unspecified atom stereocenters. The SMILES string of the molecule is O=C(CCOc1ccc2ccoc2c1)N1CCCCC1. The standard InChI is InChI=1S/C16H19NO3/c18-16(17-8-2-1-3-9-17)7-11-19-14-5-4-13-6-10-20-15(13)12-14/h4-6,10,12H,1-3,7-9,11H2. The highest BCUT2D eigenvalue weighted by Crippen LogP contribution is 2.21. The molecule has 20 heavy (non-hydrogen) atoms. The van der Waals surface area contributed by atoms with Gasteiger partial charge in [0.25, 0.3) is 0 Å². The maximum Gasteiger partial charge on any atom is 0.225 e. The lowest BCUT2D eigenvalue weighted by molar-refractivity contribution is -0.132. The Morgan fingerprint density at radius 1 is 1.20 bits per heavy atom. The highest BCUT2D eigenvalue weighted by molar-refractivity contribution is 5.78. The molecular weight excluding hydrogens is 254 g/mol. The molecule has 0 N–H and O–H groups in total. The highest BCUT2D eigenvalue weighted by Gasteiger charge is 2.16. The molecule has 1 aromatic carbocycles. The number of rotatable bonds is 4. The first-order valence-electron chi connectivity index (χ1n) is 7.21. The fraction of sp³-hybridized carbons (Fsp3) is 0.438. The molecule has 0 spiro atoms. The van der Waals surface area contributed by atoms with Gasteiger partial charge in [-0.2, -0.15) is 0 Å². The van der Waals surface area contributed by atoms with Gasteiger partial charge in [0.1, 0.15) is 11.3 Å². The molecule has 2 heterocycles. The van der Waals surface area contributed by atoms with E-state index in [1.165, 1.54) is 6.42 Å². The second kappa shape index (κ2) is 5.99. The summed E-state index contributed by atoms with van der Waals surface area (Å²) in [6, 6.07) is 7.64. The maximum atomic E-state index is 12.0. The fourth-order valence-corrected chi connectivity index (χ4v) is 2.58. The van der Waals surface area contributed by atoms with Crippen LogP contribution in [0.15, 0.2) is 34.9 Å². The van der Waals surface area contributed by atoms with E-state index in [-0.39, 0.29) is 5.91 Å². The Hall–Kier alpha value is -1.97. The minimum absolute atomic E-state index is 0.198. The van der Waals surface area contributed by atoms with E-state index in [4.69, 9.17) is 9.15 Å². The number of carbonyl (C=O) groups is 1. The summed E-state index contributed by atoms with van der Waals surface area (Å²) in [5.41, 5.74) is 0.810. The normalized spacial score (nSPS) is 15.5. The molecule has 1 saturated heterocycles. The smallest absolute Gasteiger partial charge is 0.225 e. The third-order valence-electron chi connectivity index (χ3n) is 3.72. The van der Waals surface area contributed by atoms with Gasteiger partial charge in [0, 0.05) is 24.5 Å². The molecular formula is C16H19NO3. The van der Waals surface area contributed by atoms with Gasteiger partial charge in [0.2, 0.25) is 5.91 Å². The topological polar surface area (TPSA) is 42.7 Å². The number of furan rings is 1. The van der Waals surface area contributed by atoms with E-state index in [1.54, 1.807) is 6.26 Å². The van der Waals surface area contributed by atoms with Gasteiger partial charge in [0.15, 0.2) is 0 Å². The number of likely N-dealkylation sites (tertiary alicyclic amines) is 1. The zero-order chi connectivity index (χ0) is 13.8. The largest absolute Gasteiger partial charge is 0.493 e. The molecule has 4 heteroatoms. The zero-order valence-corrected chi connectivity index (χ0v) is 11.5. The average molecular weight is 273 g/mol. The predicted molar refractivity (Wildman–Crippen MR) is 76.8 cm³/mol. The molecule has 0 saturated carbocycles. The van der Waals surface area contributed by atoms with Crippen molar-refractivity contribution in [3.63, 3.8) is 0 Å². The number of amides is 1. The Morgan fingerprint density at radius 3 is 2.90 bits per heavy atom. The Labute approximate surface area is 118 Å². The van der Waals surface area contributed by atoms with Crippen molar-refractivity contribution < 1.29 is 13.9 Å². The van der Waals surface area contributed by atoms with Crippen LogP contribution in [0.25, 0.3) is 11.0 Å². The van der Waals surface area contributed by atoms with Gasteiger partial charge in [-0.25, -0.2) is 0 Å². The van der Waals surface area contributed by atoms with Crippen LogP contribution in [0.5, 0.6) is 5.75 Å². The number of carbonyl (C=O) groups excluding carboxylic acids is 1. The van der Waals surface area contributed by atoms with Gasteiger partial charge in [-0.1, -0.05) is 0 Å². The monoisotopic (exact) mass is 273 g/mol. The van der Waals surface area contributed by atoms with Crippen molar-refractivity contribution in [2.24, 2.45) is 0 Å². The van der Waals surface area contributed by atoms with Crippen molar-refractivity contribution >= 4 is 16.9 Å². The summed E-state index contributed by atoms with van der Waals surface area (Å²) < 4.78 is 11.0. The fourth-order valence-electron chi connectivity index (χ4n) is 2.58. The lowest BCUT2D eigenvalue weighted by Gasteiger charge is -2.26. The molecule has 0 bridgehead atoms. The van der Waals surface area contributed by atoms with Gasteiger partial charge in [-0.05, 0) is 37.5 Å². The number of hydrogen-bond acceptors (Lipinski definition) is 3. The summed E-state index contributed by atoms with van der Waals surface area (Å²) in [5, 5.41) is 1.06. The first-order chi connectivity index (χ1) is 9.83. The molecule has 4 nitrogen and oxygen atoms in total. The third-order valence-corrected chi connectivity index (χ3v) is 3.72. The maximum absolute atomic E-state index is 12.0. The van der Waals surface area contributed by atoms with Crippen LogP contribution in [0.3, 0.4) is 0 Å². The summed E-state index contributed by atoms with van der Waals surface area (Å²) in [6.45, 7) is 2.22. The minimum Gasteiger partial charge on any atom is -0.493 e. The minimum atomic E-state index is 0.198. The van der Waals surface area contributed by atoms with E-state index >= 15 is 0 Å². The highest BCUT2D eigenvalue weighted by atomic mass is 16.5. The van der Waals surface area contributed by atoms with E-state index in [2.05, 4.69) is 0 Å². The first-order valence-corrected chi connectivity index (χ1v) is 7.21. The number of benzene rings is 1. The van der Waals surface area contributed by atoms with Crippen LogP contribution in [-0.4, -0.2) is 30.5 Å². The molecule has 1 amide bonds. The van der Waals surface area contributed by atoms with Gasteiger partial charge >= 0.3 is 0 Å². The van der Waals surface area contributed by atoms with Crippen LogP contribution in [0, 0.1) is 0 Å². The van der Waals surface area contributed by atoms with E-state index in [1.807, 2.05) is 29.2 Å². The van der Waals surface area contributed by atoms with Crippen molar-refractivity contribution in [1.82, 2.24) is 4.90 Å². The Balaban J connectivity index is 1.50. The molecule has 1 aliphatic rings. The summed E-state index contributed by atoms with van der Waals surface area (Å²) in [6.07, 6.45) is 5.59. The van der Waals surface area contributed by atoms with Crippen LogP contribution < -0.4 is 4.74 Å². The van der Waals surface area contributed by atoms with Crippen molar-refractivity contribution in [3.8, 4) is 5.75 Å². The summed E-state index contributed by atoms with van der Waals surface area (Å²) in [4.78, 5) is 13.9. The lowest BCUT2D eigenvalue weighted by Crippen LogP contribution is -2.36. The van der Waals surface area contributed by atoms with Gasteiger partial charge in [-0.15, -0.1) is 0 Å². The third kappa shape index (κ3) is 2.95. The number of fused-ring (bicyclic) bond motifs is 1. The van der Waals surface area contributed by atoms with Crippen molar-refractivity contribution in [2.45, 2.75) is 25.7 Å². The van der Waals surface area contributed by atoms with Gasteiger partial charge < -0.3 is 14.1 Å². The Kier molecular flexibility index (Phi) is 3.90. The zero-order valence-electron chi connectivity index (χ0n) is 11.5. The predicted octanol–water partition coefficient (Wildman–Crippen LogP) is 3.21. The summed E-state index contributed by atoms with van der Waals surface area (Å²) >= 11 is 0. The number of nitrogens with zero attached hydrogens (tertiary/aromatic N) is 1. The average Bonchev–Trinajstić information content (AvgIpc) is 2.95. The van der Waals surface area contributed by atoms with Gasteiger partial charge in [-0.3, -0.25) is 4.79 Å². The molecule has 1 fully saturated rings.